The highest BCUT2D eigenvalue weighted by Gasteiger charge is 2.44. The summed E-state index contributed by atoms with van der Waals surface area (Å²) >= 11 is 0. The van der Waals surface area contributed by atoms with Gasteiger partial charge in [0.25, 0.3) is 0 Å². The molecule has 440 valence electrons. The normalized spacial score (nSPS) is 19.8. The lowest BCUT2D eigenvalue weighted by Gasteiger charge is -2.40. The number of carbonyl (C=O) groups excluding carboxylic acids is 1. The molecule has 0 bridgehead atoms. The van der Waals surface area contributed by atoms with Gasteiger partial charge in [0.15, 0.2) is 6.29 Å². The van der Waals surface area contributed by atoms with Crippen LogP contribution in [0.5, 0.6) is 0 Å². The molecule has 0 aromatic carbocycles. The number of nitrogens with one attached hydrogen (secondary N) is 1. The van der Waals surface area contributed by atoms with Gasteiger partial charge in [-0.05, 0) is 38.5 Å². The highest BCUT2D eigenvalue weighted by Crippen LogP contribution is 2.24. The van der Waals surface area contributed by atoms with E-state index < -0.39 is 74.2 Å². The van der Waals surface area contributed by atoms with Gasteiger partial charge < -0.3 is 50.5 Å². The fourth-order valence-corrected chi connectivity index (χ4v) is 10.6. The van der Waals surface area contributed by atoms with Gasteiger partial charge in [-0.2, -0.15) is 0 Å². The number of carbonyl (C=O) groups is 1. The smallest absolute Gasteiger partial charge is 0.249 e. The Morgan fingerprint density at radius 3 is 1.14 bits per heavy atom. The predicted molar refractivity (Wildman–Crippen MR) is 307 cm³/mol. The Morgan fingerprint density at radius 1 is 0.459 bits per heavy atom. The summed E-state index contributed by atoms with van der Waals surface area (Å²) in [5, 5.41) is 76.4. The molecule has 9 unspecified atom stereocenters. The highest BCUT2D eigenvalue weighted by molar-refractivity contribution is 5.80. The summed E-state index contributed by atoms with van der Waals surface area (Å²) in [6, 6.07) is -1.17. The first-order valence-corrected chi connectivity index (χ1v) is 32.1. The van der Waals surface area contributed by atoms with Gasteiger partial charge in [-0.15, -0.1) is 0 Å². The highest BCUT2D eigenvalue weighted by atomic mass is 16.7. The predicted octanol–water partition coefficient (Wildman–Crippen LogP) is 14.3. The number of allylic oxidation sites excluding steroid dienone is 2. The molecule has 0 radical (unpaired) electrons. The van der Waals surface area contributed by atoms with Gasteiger partial charge in [-0.1, -0.05) is 289 Å². The van der Waals surface area contributed by atoms with E-state index in [4.69, 9.17) is 9.47 Å². The van der Waals surface area contributed by atoms with Crippen molar-refractivity contribution in [2.45, 2.75) is 371 Å². The lowest BCUT2D eigenvalue weighted by molar-refractivity contribution is -0.303. The molecule has 0 aromatic heterocycles. The lowest BCUT2D eigenvalue weighted by Crippen LogP contribution is -2.60. The standard InChI is InChI=1S/C63H123NO10/c1-3-5-7-9-11-13-15-17-19-21-23-25-27-29-31-33-35-37-39-41-43-45-47-49-51-56(67)62(72)64-54(53-73-63-61(71)60(70)59(69)57(52-65)74-63)58(68)55(66)50-48-46-44-42-40-38-36-34-32-30-28-26-24-22-20-18-16-14-12-10-8-6-4-2/h29,31,54-61,63,65-71H,3-28,30,32-53H2,1-2H3,(H,64,72)/b31-29-. The van der Waals surface area contributed by atoms with Crippen LogP contribution in [0.15, 0.2) is 12.2 Å². The molecular formula is C63H123NO10. The van der Waals surface area contributed by atoms with E-state index in [2.05, 4.69) is 31.3 Å². The maximum absolute atomic E-state index is 13.2. The SMILES string of the molecule is CCCCCCCCCCCCCC/C=C\CCCCCCCCCCC(O)C(=O)NC(COC1OC(CO)C(O)C(O)C1O)C(O)C(O)CCCCCCCCCCCCCCCCCCCCCCCCC. The van der Waals surface area contributed by atoms with Crippen LogP contribution in [0.3, 0.4) is 0 Å². The van der Waals surface area contributed by atoms with Gasteiger partial charge in [-0.3, -0.25) is 4.79 Å². The topological polar surface area (TPSA) is 189 Å². The number of rotatable bonds is 56. The van der Waals surface area contributed by atoms with Crippen molar-refractivity contribution in [1.82, 2.24) is 5.32 Å². The molecule has 1 aliphatic rings. The summed E-state index contributed by atoms with van der Waals surface area (Å²) in [6.07, 6.45) is 51.3. The lowest BCUT2D eigenvalue weighted by atomic mass is 9.98. The van der Waals surface area contributed by atoms with Crippen LogP contribution in [0.1, 0.15) is 316 Å². The Morgan fingerprint density at radius 2 is 0.784 bits per heavy atom. The van der Waals surface area contributed by atoms with Crippen molar-refractivity contribution >= 4 is 5.91 Å². The number of ether oxygens (including phenoxy) is 2. The van der Waals surface area contributed by atoms with Crippen molar-refractivity contribution in [3.63, 3.8) is 0 Å². The molecule has 0 saturated carbocycles. The van der Waals surface area contributed by atoms with Crippen molar-refractivity contribution in [3.8, 4) is 0 Å². The van der Waals surface area contributed by atoms with Crippen LogP contribution in [0, 0.1) is 0 Å². The third-order valence-corrected chi connectivity index (χ3v) is 15.8. The number of amides is 1. The van der Waals surface area contributed by atoms with E-state index in [-0.39, 0.29) is 6.42 Å². The zero-order valence-electron chi connectivity index (χ0n) is 48.4. The van der Waals surface area contributed by atoms with Crippen LogP contribution in [0.4, 0.5) is 0 Å². The van der Waals surface area contributed by atoms with E-state index >= 15 is 0 Å². The third kappa shape index (κ3) is 40.1. The molecule has 1 aliphatic heterocycles. The summed E-state index contributed by atoms with van der Waals surface area (Å²) in [5.74, 6) is -0.693. The fourth-order valence-electron chi connectivity index (χ4n) is 10.6. The quantitative estimate of drug-likeness (QED) is 0.0215. The molecule has 8 N–H and O–H groups in total. The van der Waals surface area contributed by atoms with E-state index in [0.717, 1.165) is 44.9 Å². The van der Waals surface area contributed by atoms with Gasteiger partial charge in [0, 0.05) is 0 Å². The van der Waals surface area contributed by atoms with E-state index in [1.165, 1.54) is 231 Å². The van der Waals surface area contributed by atoms with Crippen molar-refractivity contribution < 1.29 is 50.0 Å². The molecule has 9 atom stereocenters. The van der Waals surface area contributed by atoms with Crippen molar-refractivity contribution in [2.24, 2.45) is 0 Å². The maximum atomic E-state index is 13.2. The number of unbranched alkanes of at least 4 members (excludes halogenated alkanes) is 42. The van der Waals surface area contributed by atoms with Gasteiger partial charge in [0.2, 0.25) is 5.91 Å². The second-order valence-electron chi connectivity index (χ2n) is 22.8. The third-order valence-electron chi connectivity index (χ3n) is 15.8. The fraction of sp³-hybridized carbons (Fsp3) is 0.952. The number of aliphatic hydroxyl groups is 7. The average Bonchev–Trinajstić information content (AvgIpc) is 3.40. The summed E-state index contributed by atoms with van der Waals surface area (Å²) in [5.41, 5.74) is 0. The molecule has 1 rings (SSSR count). The summed E-state index contributed by atoms with van der Waals surface area (Å²) in [6.45, 7) is 3.51. The molecule has 11 nitrogen and oxygen atoms in total. The monoisotopic (exact) mass is 1050 g/mol. The van der Waals surface area contributed by atoms with E-state index in [1.54, 1.807) is 0 Å². The molecule has 1 saturated heterocycles. The summed E-state index contributed by atoms with van der Waals surface area (Å²) < 4.78 is 11.2. The Balaban J connectivity index is 2.26. The second kappa shape index (κ2) is 52.5. The zero-order chi connectivity index (χ0) is 54.0. The minimum Gasteiger partial charge on any atom is -0.394 e. The number of hydrogen-bond donors (Lipinski definition) is 8. The largest absolute Gasteiger partial charge is 0.394 e. The molecule has 0 aromatic rings. The number of hydrogen-bond acceptors (Lipinski definition) is 10. The first-order valence-electron chi connectivity index (χ1n) is 32.1. The Kier molecular flexibility index (Phi) is 50.3. The van der Waals surface area contributed by atoms with Crippen LogP contribution in [0.25, 0.3) is 0 Å². The molecule has 1 amide bonds. The zero-order valence-corrected chi connectivity index (χ0v) is 48.4. The summed E-state index contributed by atoms with van der Waals surface area (Å²) in [4.78, 5) is 13.2. The van der Waals surface area contributed by atoms with Crippen molar-refractivity contribution in [3.05, 3.63) is 12.2 Å². The average molecular weight is 1050 g/mol. The molecular weight excluding hydrogens is 931 g/mol. The Labute approximate surface area is 455 Å². The first kappa shape index (κ1) is 70.9. The molecule has 1 fully saturated rings. The Hall–Kier alpha value is -1.15. The van der Waals surface area contributed by atoms with Crippen LogP contribution >= 0.6 is 0 Å². The van der Waals surface area contributed by atoms with Gasteiger partial charge in [0.1, 0.15) is 36.6 Å². The molecule has 74 heavy (non-hydrogen) atoms. The van der Waals surface area contributed by atoms with Crippen LogP contribution in [-0.2, 0) is 14.3 Å². The van der Waals surface area contributed by atoms with Crippen molar-refractivity contribution in [1.29, 1.82) is 0 Å². The van der Waals surface area contributed by atoms with Crippen molar-refractivity contribution in [2.75, 3.05) is 13.2 Å². The van der Waals surface area contributed by atoms with Crippen LogP contribution in [-0.4, -0.2) is 110 Å². The van der Waals surface area contributed by atoms with E-state index in [0.29, 0.717) is 19.3 Å². The van der Waals surface area contributed by atoms with Crippen LogP contribution < -0.4 is 5.32 Å². The second-order valence-corrected chi connectivity index (χ2v) is 22.8. The van der Waals surface area contributed by atoms with E-state index in [1.807, 2.05) is 0 Å². The molecule has 11 heteroatoms. The van der Waals surface area contributed by atoms with Gasteiger partial charge in [-0.25, -0.2) is 0 Å². The number of aliphatic hydroxyl groups excluding tert-OH is 7. The molecule has 0 spiro atoms. The van der Waals surface area contributed by atoms with Gasteiger partial charge >= 0.3 is 0 Å². The molecule has 0 aliphatic carbocycles. The maximum Gasteiger partial charge on any atom is 0.249 e. The summed E-state index contributed by atoms with van der Waals surface area (Å²) in [7, 11) is 0. The Bertz CT molecular complexity index is 1210. The van der Waals surface area contributed by atoms with Gasteiger partial charge in [0.05, 0.1) is 25.4 Å². The minimum atomic E-state index is -1.66. The first-order chi connectivity index (χ1) is 36.2. The molecule has 1 heterocycles. The van der Waals surface area contributed by atoms with E-state index in [9.17, 15) is 40.5 Å². The minimum absolute atomic E-state index is 0.260. The van der Waals surface area contributed by atoms with Crippen LogP contribution in [0.2, 0.25) is 0 Å².